The average molecular weight is 294 g/mol. The maximum absolute atomic E-state index is 12.0. The SMILES string of the molecule is CC(O)CCN(C)C(=O)Cc1coc(-c2cccs2)n1. The summed E-state index contributed by atoms with van der Waals surface area (Å²) < 4.78 is 5.38. The summed E-state index contributed by atoms with van der Waals surface area (Å²) in [6.07, 6.45) is 1.91. The molecule has 1 N–H and O–H groups in total. The first kappa shape index (κ1) is 14.7. The number of aliphatic hydroxyl groups is 1. The lowest BCUT2D eigenvalue weighted by Gasteiger charge is -2.17. The van der Waals surface area contributed by atoms with Gasteiger partial charge < -0.3 is 14.4 Å². The number of oxazole rings is 1. The van der Waals surface area contributed by atoms with E-state index in [9.17, 15) is 9.90 Å². The zero-order chi connectivity index (χ0) is 14.5. The van der Waals surface area contributed by atoms with E-state index in [-0.39, 0.29) is 12.3 Å². The minimum atomic E-state index is -0.400. The zero-order valence-electron chi connectivity index (χ0n) is 11.6. The second-order valence-corrected chi connectivity index (χ2v) is 5.70. The molecular formula is C14H18N2O3S. The zero-order valence-corrected chi connectivity index (χ0v) is 12.4. The number of amides is 1. The molecule has 20 heavy (non-hydrogen) atoms. The molecule has 0 spiro atoms. The number of hydrogen-bond acceptors (Lipinski definition) is 5. The van der Waals surface area contributed by atoms with Gasteiger partial charge in [0.1, 0.15) is 6.26 Å². The Balaban J connectivity index is 1.91. The molecule has 0 aliphatic rings. The first-order valence-electron chi connectivity index (χ1n) is 6.46. The van der Waals surface area contributed by atoms with Crippen LogP contribution in [-0.4, -0.2) is 40.6 Å². The van der Waals surface area contributed by atoms with Crippen LogP contribution in [0, 0.1) is 0 Å². The third kappa shape index (κ3) is 3.91. The van der Waals surface area contributed by atoms with Gasteiger partial charge in [-0.05, 0) is 24.8 Å². The molecule has 0 saturated carbocycles. The third-order valence-corrected chi connectivity index (χ3v) is 3.78. The van der Waals surface area contributed by atoms with Crippen molar-refractivity contribution in [1.29, 1.82) is 0 Å². The minimum absolute atomic E-state index is 0.0309. The molecule has 2 aromatic heterocycles. The van der Waals surface area contributed by atoms with Crippen LogP contribution in [0.2, 0.25) is 0 Å². The van der Waals surface area contributed by atoms with Gasteiger partial charge in [-0.2, -0.15) is 0 Å². The van der Waals surface area contributed by atoms with Crippen molar-refractivity contribution < 1.29 is 14.3 Å². The van der Waals surface area contributed by atoms with E-state index in [1.165, 1.54) is 6.26 Å². The van der Waals surface area contributed by atoms with Crippen LogP contribution in [0.15, 0.2) is 28.2 Å². The summed E-state index contributed by atoms with van der Waals surface area (Å²) >= 11 is 1.55. The van der Waals surface area contributed by atoms with Crippen LogP contribution in [0.5, 0.6) is 0 Å². The Morgan fingerprint density at radius 3 is 3.05 bits per heavy atom. The van der Waals surface area contributed by atoms with Crippen molar-refractivity contribution in [1.82, 2.24) is 9.88 Å². The van der Waals surface area contributed by atoms with E-state index in [1.54, 1.807) is 30.2 Å². The molecular weight excluding hydrogens is 276 g/mol. The quantitative estimate of drug-likeness (QED) is 0.886. The predicted octanol–water partition coefficient (Wildman–Crippen LogP) is 2.17. The fraction of sp³-hybridized carbons (Fsp3) is 0.429. The van der Waals surface area contributed by atoms with Crippen molar-refractivity contribution in [2.24, 2.45) is 0 Å². The first-order valence-corrected chi connectivity index (χ1v) is 7.34. The molecule has 1 amide bonds. The molecule has 6 heteroatoms. The molecule has 0 saturated heterocycles. The van der Waals surface area contributed by atoms with Gasteiger partial charge in [-0.3, -0.25) is 4.79 Å². The van der Waals surface area contributed by atoms with Gasteiger partial charge in [0.25, 0.3) is 0 Å². The number of nitrogens with zero attached hydrogens (tertiary/aromatic N) is 2. The van der Waals surface area contributed by atoms with Gasteiger partial charge in [-0.1, -0.05) is 6.07 Å². The summed E-state index contributed by atoms with van der Waals surface area (Å²) in [4.78, 5) is 18.9. The predicted molar refractivity (Wildman–Crippen MR) is 77.5 cm³/mol. The van der Waals surface area contributed by atoms with Crippen molar-refractivity contribution in [3.05, 3.63) is 29.5 Å². The van der Waals surface area contributed by atoms with Gasteiger partial charge in [0.05, 0.1) is 23.1 Å². The monoisotopic (exact) mass is 294 g/mol. The highest BCUT2D eigenvalue weighted by Gasteiger charge is 2.14. The van der Waals surface area contributed by atoms with Crippen LogP contribution in [0.1, 0.15) is 19.0 Å². The molecule has 0 fully saturated rings. The Bertz CT molecular complexity index is 549. The van der Waals surface area contributed by atoms with Crippen LogP contribution in [0.4, 0.5) is 0 Å². The summed E-state index contributed by atoms with van der Waals surface area (Å²) in [6.45, 7) is 2.25. The number of carbonyl (C=O) groups excluding carboxylic acids is 1. The van der Waals surface area contributed by atoms with Crippen LogP contribution in [0.3, 0.4) is 0 Å². The van der Waals surface area contributed by atoms with Crippen LogP contribution >= 0.6 is 11.3 Å². The summed E-state index contributed by atoms with van der Waals surface area (Å²) in [6, 6.07) is 3.86. The van der Waals surface area contributed by atoms with Crippen molar-refractivity contribution in [3.8, 4) is 10.8 Å². The fourth-order valence-electron chi connectivity index (χ4n) is 1.70. The van der Waals surface area contributed by atoms with Crippen LogP contribution in [0.25, 0.3) is 10.8 Å². The lowest BCUT2D eigenvalue weighted by atomic mass is 10.2. The van der Waals surface area contributed by atoms with Crippen LogP contribution in [-0.2, 0) is 11.2 Å². The number of aromatic nitrogens is 1. The topological polar surface area (TPSA) is 66.6 Å². The van der Waals surface area contributed by atoms with Crippen molar-refractivity contribution in [3.63, 3.8) is 0 Å². The van der Waals surface area contributed by atoms with Gasteiger partial charge in [0.2, 0.25) is 11.8 Å². The highest BCUT2D eigenvalue weighted by molar-refractivity contribution is 7.13. The van der Waals surface area contributed by atoms with E-state index >= 15 is 0 Å². The Morgan fingerprint density at radius 2 is 2.40 bits per heavy atom. The number of aliphatic hydroxyl groups excluding tert-OH is 1. The Morgan fingerprint density at radius 1 is 1.60 bits per heavy atom. The number of hydrogen-bond donors (Lipinski definition) is 1. The van der Waals surface area contributed by atoms with Crippen molar-refractivity contribution in [2.75, 3.05) is 13.6 Å². The van der Waals surface area contributed by atoms with Crippen LogP contribution < -0.4 is 0 Å². The van der Waals surface area contributed by atoms with Crippen molar-refractivity contribution in [2.45, 2.75) is 25.9 Å². The van der Waals surface area contributed by atoms with E-state index in [1.807, 2.05) is 17.5 Å². The molecule has 2 rings (SSSR count). The third-order valence-electron chi connectivity index (χ3n) is 2.92. The molecule has 0 bridgehead atoms. The molecule has 0 radical (unpaired) electrons. The lowest BCUT2D eigenvalue weighted by molar-refractivity contribution is -0.129. The average Bonchev–Trinajstić information content (AvgIpc) is 3.05. The molecule has 2 heterocycles. The molecule has 5 nitrogen and oxygen atoms in total. The smallest absolute Gasteiger partial charge is 0.236 e. The second-order valence-electron chi connectivity index (χ2n) is 4.75. The molecule has 0 aliphatic carbocycles. The lowest BCUT2D eigenvalue weighted by Crippen LogP contribution is -2.30. The Kier molecular flexibility index (Phi) is 4.92. The fourth-order valence-corrected chi connectivity index (χ4v) is 2.35. The molecule has 108 valence electrons. The van der Waals surface area contributed by atoms with Gasteiger partial charge in [0, 0.05) is 13.6 Å². The van der Waals surface area contributed by atoms with Gasteiger partial charge in [-0.25, -0.2) is 4.98 Å². The maximum Gasteiger partial charge on any atom is 0.236 e. The van der Waals surface area contributed by atoms with E-state index < -0.39 is 6.10 Å². The second kappa shape index (κ2) is 6.67. The summed E-state index contributed by atoms with van der Waals surface area (Å²) in [7, 11) is 1.73. The van der Waals surface area contributed by atoms with Gasteiger partial charge in [-0.15, -0.1) is 11.3 Å². The number of carbonyl (C=O) groups is 1. The minimum Gasteiger partial charge on any atom is -0.444 e. The standard InChI is InChI=1S/C14H18N2O3S/c1-10(17)5-6-16(2)13(18)8-11-9-19-14(15-11)12-4-3-7-20-12/h3-4,7,9-10,17H,5-6,8H2,1-2H3. The van der Waals surface area contributed by atoms with E-state index in [0.717, 1.165) is 4.88 Å². The number of rotatable bonds is 6. The highest BCUT2D eigenvalue weighted by Crippen LogP contribution is 2.23. The number of thiophene rings is 1. The van der Waals surface area contributed by atoms with Gasteiger partial charge >= 0.3 is 0 Å². The largest absolute Gasteiger partial charge is 0.444 e. The maximum atomic E-state index is 12.0. The Labute approximate surface area is 121 Å². The van der Waals surface area contributed by atoms with E-state index in [0.29, 0.717) is 24.6 Å². The first-order chi connectivity index (χ1) is 9.56. The summed E-state index contributed by atoms with van der Waals surface area (Å²) in [5.41, 5.74) is 0.627. The summed E-state index contributed by atoms with van der Waals surface area (Å²) in [5, 5.41) is 11.2. The van der Waals surface area contributed by atoms with E-state index in [4.69, 9.17) is 4.42 Å². The molecule has 0 aliphatic heterocycles. The molecule has 1 atom stereocenters. The van der Waals surface area contributed by atoms with E-state index in [2.05, 4.69) is 4.98 Å². The normalized spacial score (nSPS) is 12.3. The molecule has 2 aromatic rings. The van der Waals surface area contributed by atoms with Gasteiger partial charge in [0.15, 0.2) is 0 Å². The summed E-state index contributed by atoms with van der Waals surface area (Å²) in [5.74, 6) is 0.520. The van der Waals surface area contributed by atoms with Crippen molar-refractivity contribution >= 4 is 17.2 Å². The Hall–Kier alpha value is -1.66. The number of likely N-dealkylation sites (N-methyl/N-ethyl adjacent to an activating group) is 1. The molecule has 1 unspecified atom stereocenters. The highest BCUT2D eigenvalue weighted by atomic mass is 32.1. The molecule has 0 aromatic carbocycles.